The van der Waals surface area contributed by atoms with Crippen molar-refractivity contribution in [2.45, 2.75) is 0 Å². The Balaban J connectivity index is 2.40. The van der Waals surface area contributed by atoms with Crippen LogP contribution < -0.4 is 10.5 Å². The van der Waals surface area contributed by atoms with Gasteiger partial charge in [-0.15, -0.1) is 0 Å². The summed E-state index contributed by atoms with van der Waals surface area (Å²) in [5.74, 6) is -0.276. The predicted octanol–water partition coefficient (Wildman–Crippen LogP) is 2.70. The van der Waals surface area contributed by atoms with Gasteiger partial charge in [0.1, 0.15) is 10.8 Å². The lowest BCUT2D eigenvalue weighted by atomic mass is 10.3. The summed E-state index contributed by atoms with van der Waals surface area (Å²) in [6.45, 7) is 0. The molecule has 0 aliphatic heterocycles. The highest BCUT2D eigenvalue weighted by molar-refractivity contribution is 7.80. The highest BCUT2D eigenvalue weighted by Crippen LogP contribution is 2.29. The molecular formula is C11H7ClFN3OS. The molecular weight excluding hydrogens is 277 g/mol. The molecule has 4 nitrogen and oxygen atoms in total. The fourth-order valence-corrected chi connectivity index (χ4v) is 1.52. The van der Waals surface area contributed by atoms with E-state index >= 15 is 0 Å². The SMILES string of the molecule is NC(=S)c1nccnc1Oc1cc(F)ccc1Cl. The van der Waals surface area contributed by atoms with E-state index < -0.39 is 5.82 Å². The van der Waals surface area contributed by atoms with E-state index in [0.717, 1.165) is 6.07 Å². The number of nitrogens with two attached hydrogens (primary N) is 1. The first-order chi connectivity index (χ1) is 8.58. The monoisotopic (exact) mass is 283 g/mol. The third-order valence-corrected chi connectivity index (χ3v) is 2.50. The molecule has 0 saturated heterocycles. The number of aromatic nitrogens is 2. The standard InChI is InChI=1S/C11H7ClFN3OS/c12-7-2-1-6(13)5-8(7)17-11-9(10(14)18)15-3-4-16-11/h1-5H,(H2,14,18). The number of nitrogens with zero attached hydrogens (tertiary/aromatic N) is 2. The number of hydrogen-bond acceptors (Lipinski definition) is 4. The van der Waals surface area contributed by atoms with Crippen LogP contribution in [0.5, 0.6) is 11.6 Å². The summed E-state index contributed by atoms with van der Waals surface area (Å²) in [6.07, 6.45) is 2.83. The van der Waals surface area contributed by atoms with Crippen molar-refractivity contribution >= 4 is 28.8 Å². The van der Waals surface area contributed by atoms with Crippen LogP contribution in [0.4, 0.5) is 4.39 Å². The first-order valence-electron chi connectivity index (χ1n) is 4.81. The molecule has 0 spiro atoms. The second-order valence-corrected chi connectivity index (χ2v) is 4.10. The molecule has 0 fully saturated rings. The summed E-state index contributed by atoms with van der Waals surface area (Å²) in [7, 11) is 0. The summed E-state index contributed by atoms with van der Waals surface area (Å²) in [4.78, 5) is 7.90. The molecule has 18 heavy (non-hydrogen) atoms. The van der Waals surface area contributed by atoms with Crippen LogP contribution in [-0.4, -0.2) is 15.0 Å². The van der Waals surface area contributed by atoms with E-state index in [1.54, 1.807) is 0 Å². The van der Waals surface area contributed by atoms with Gasteiger partial charge in [0, 0.05) is 18.5 Å². The number of benzene rings is 1. The molecule has 2 rings (SSSR count). The highest BCUT2D eigenvalue weighted by Gasteiger charge is 2.12. The average molecular weight is 284 g/mol. The minimum atomic E-state index is -0.477. The van der Waals surface area contributed by atoms with Crippen molar-refractivity contribution in [2.75, 3.05) is 0 Å². The van der Waals surface area contributed by atoms with Gasteiger partial charge in [-0.25, -0.2) is 14.4 Å². The summed E-state index contributed by atoms with van der Waals surface area (Å²) in [6, 6.07) is 3.74. The molecule has 2 N–H and O–H groups in total. The van der Waals surface area contributed by atoms with Gasteiger partial charge in [0.2, 0.25) is 5.88 Å². The summed E-state index contributed by atoms with van der Waals surface area (Å²) in [5.41, 5.74) is 5.69. The number of halogens is 2. The van der Waals surface area contributed by atoms with Crippen LogP contribution in [0.15, 0.2) is 30.6 Å². The third-order valence-electron chi connectivity index (χ3n) is 2.00. The Morgan fingerprint density at radius 2 is 2.06 bits per heavy atom. The quantitative estimate of drug-likeness (QED) is 0.878. The number of rotatable bonds is 3. The van der Waals surface area contributed by atoms with Gasteiger partial charge in [0.05, 0.1) is 5.02 Å². The van der Waals surface area contributed by atoms with Gasteiger partial charge >= 0.3 is 0 Å². The maximum atomic E-state index is 13.1. The molecule has 0 atom stereocenters. The third kappa shape index (κ3) is 2.72. The smallest absolute Gasteiger partial charge is 0.248 e. The maximum absolute atomic E-state index is 13.1. The molecule has 0 radical (unpaired) electrons. The Labute approximate surface area is 113 Å². The Morgan fingerprint density at radius 1 is 1.33 bits per heavy atom. The largest absolute Gasteiger partial charge is 0.435 e. The Kier molecular flexibility index (Phi) is 3.69. The molecule has 1 aromatic heterocycles. The van der Waals surface area contributed by atoms with Crippen molar-refractivity contribution in [1.82, 2.24) is 9.97 Å². The van der Waals surface area contributed by atoms with Gasteiger partial charge in [0.15, 0.2) is 11.4 Å². The molecule has 0 saturated carbocycles. The maximum Gasteiger partial charge on any atom is 0.248 e. The first-order valence-corrected chi connectivity index (χ1v) is 5.60. The lowest BCUT2D eigenvalue weighted by Gasteiger charge is -2.09. The normalized spacial score (nSPS) is 10.1. The van der Waals surface area contributed by atoms with Gasteiger partial charge in [-0.2, -0.15) is 0 Å². The van der Waals surface area contributed by atoms with Crippen LogP contribution >= 0.6 is 23.8 Å². The first kappa shape index (κ1) is 12.7. The zero-order valence-corrected chi connectivity index (χ0v) is 10.5. The van der Waals surface area contributed by atoms with Gasteiger partial charge in [-0.1, -0.05) is 23.8 Å². The zero-order valence-electron chi connectivity index (χ0n) is 8.93. The number of ether oxygens (including phenoxy) is 1. The summed E-state index contributed by atoms with van der Waals surface area (Å²) >= 11 is 10.7. The van der Waals surface area contributed by atoms with Crippen molar-refractivity contribution in [3.05, 3.63) is 47.1 Å². The Bertz CT molecular complexity index is 609. The molecule has 0 unspecified atom stereocenters. The minimum Gasteiger partial charge on any atom is -0.435 e. The molecule has 0 aliphatic carbocycles. The molecule has 0 amide bonds. The number of thiocarbonyl (C=S) groups is 1. The van der Waals surface area contributed by atoms with E-state index in [9.17, 15) is 4.39 Å². The summed E-state index contributed by atoms with van der Waals surface area (Å²) < 4.78 is 18.5. The fourth-order valence-electron chi connectivity index (χ4n) is 1.23. The van der Waals surface area contributed by atoms with Crippen LogP contribution in [0.3, 0.4) is 0 Å². The van der Waals surface area contributed by atoms with Crippen molar-refractivity contribution in [1.29, 1.82) is 0 Å². The van der Waals surface area contributed by atoms with Gasteiger partial charge in [-0.3, -0.25) is 0 Å². The van der Waals surface area contributed by atoms with Crippen molar-refractivity contribution in [2.24, 2.45) is 5.73 Å². The molecule has 2 aromatic rings. The van der Waals surface area contributed by atoms with Crippen molar-refractivity contribution < 1.29 is 9.13 Å². The highest BCUT2D eigenvalue weighted by atomic mass is 35.5. The van der Waals surface area contributed by atoms with Crippen LogP contribution in [0.25, 0.3) is 0 Å². The molecule has 0 bridgehead atoms. The summed E-state index contributed by atoms with van der Waals surface area (Å²) in [5, 5.41) is 0.246. The van der Waals surface area contributed by atoms with E-state index in [4.69, 9.17) is 34.3 Å². The Hall–Kier alpha value is -1.79. The molecule has 1 heterocycles. The van der Waals surface area contributed by atoms with Crippen LogP contribution in [0, 0.1) is 5.82 Å². The van der Waals surface area contributed by atoms with E-state index in [2.05, 4.69) is 9.97 Å². The predicted molar refractivity (Wildman–Crippen MR) is 69.4 cm³/mol. The zero-order chi connectivity index (χ0) is 13.1. The minimum absolute atomic E-state index is 0.0330. The second kappa shape index (κ2) is 5.24. The number of hydrogen-bond donors (Lipinski definition) is 1. The lowest BCUT2D eigenvalue weighted by Crippen LogP contribution is -2.13. The molecule has 92 valence electrons. The van der Waals surface area contributed by atoms with Gasteiger partial charge in [0.25, 0.3) is 0 Å². The van der Waals surface area contributed by atoms with Gasteiger partial charge in [-0.05, 0) is 12.1 Å². The fraction of sp³-hybridized carbons (Fsp3) is 0. The van der Waals surface area contributed by atoms with Crippen LogP contribution in [0.2, 0.25) is 5.02 Å². The van der Waals surface area contributed by atoms with Crippen molar-refractivity contribution in [3.8, 4) is 11.6 Å². The van der Waals surface area contributed by atoms with E-state index in [1.807, 2.05) is 0 Å². The topological polar surface area (TPSA) is 61.0 Å². The van der Waals surface area contributed by atoms with E-state index in [0.29, 0.717) is 0 Å². The molecule has 1 aromatic carbocycles. The van der Waals surface area contributed by atoms with E-state index in [1.165, 1.54) is 24.5 Å². The van der Waals surface area contributed by atoms with Gasteiger partial charge < -0.3 is 10.5 Å². The average Bonchev–Trinajstić information content (AvgIpc) is 2.34. The van der Waals surface area contributed by atoms with E-state index in [-0.39, 0.29) is 27.3 Å². The molecule has 7 heteroatoms. The van der Waals surface area contributed by atoms with Crippen LogP contribution in [0.1, 0.15) is 5.69 Å². The Morgan fingerprint density at radius 3 is 2.78 bits per heavy atom. The molecule has 0 aliphatic rings. The second-order valence-electron chi connectivity index (χ2n) is 3.25. The van der Waals surface area contributed by atoms with Crippen molar-refractivity contribution in [3.63, 3.8) is 0 Å². The lowest BCUT2D eigenvalue weighted by molar-refractivity contribution is 0.454. The van der Waals surface area contributed by atoms with Crippen LogP contribution in [-0.2, 0) is 0 Å².